The van der Waals surface area contributed by atoms with Crippen LogP contribution < -0.4 is 5.32 Å². The van der Waals surface area contributed by atoms with Crippen molar-refractivity contribution < 1.29 is 9.18 Å². The SMILES string of the molecule is Cc1[nH]ncc1C(=O)Nc1nn(Cc2ccc(CF)cc2)c2ccccc12. The number of benzene rings is 2. The van der Waals surface area contributed by atoms with E-state index in [-0.39, 0.29) is 5.91 Å². The Balaban J connectivity index is 1.66. The van der Waals surface area contributed by atoms with Crippen LogP contribution in [0.5, 0.6) is 0 Å². The molecule has 0 aliphatic carbocycles. The highest BCUT2D eigenvalue weighted by Gasteiger charge is 2.16. The largest absolute Gasteiger partial charge is 0.304 e. The van der Waals surface area contributed by atoms with Crippen LogP contribution in [0.1, 0.15) is 27.2 Å². The zero-order valence-electron chi connectivity index (χ0n) is 14.7. The predicted octanol–water partition coefficient (Wildman–Crippen LogP) is 3.84. The molecule has 2 aromatic heterocycles. The highest BCUT2D eigenvalue weighted by Crippen LogP contribution is 2.24. The highest BCUT2D eigenvalue weighted by atomic mass is 19.1. The number of amides is 1. The zero-order chi connectivity index (χ0) is 18.8. The molecule has 0 aliphatic rings. The van der Waals surface area contributed by atoms with Crippen molar-refractivity contribution in [3.05, 3.63) is 77.1 Å². The van der Waals surface area contributed by atoms with E-state index in [9.17, 15) is 9.18 Å². The van der Waals surface area contributed by atoms with Gasteiger partial charge >= 0.3 is 0 Å². The second-order valence-corrected chi connectivity index (χ2v) is 6.34. The minimum absolute atomic E-state index is 0.260. The molecule has 2 aromatic carbocycles. The van der Waals surface area contributed by atoms with Crippen molar-refractivity contribution in [1.82, 2.24) is 20.0 Å². The summed E-state index contributed by atoms with van der Waals surface area (Å²) in [5, 5.41) is 15.0. The van der Waals surface area contributed by atoms with Gasteiger partial charge in [-0.1, -0.05) is 36.4 Å². The Bertz CT molecular complexity index is 1100. The number of aromatic nitrogens is 4. The highest BCUT2D eigenvalue weighted by molar-refractivity contribution is 6.08. The van der Waals surface area contributed by atoms with Crippen LogP contribution in [0.15, 0.2) is 54.7 Å². The number of para-hydroxylation sites is 1. The van der Waals surface area contributed by atoms with E-state index in [0.717, 1.165) is 16.5 Å². The molecule has 0 aliphatic heterocycles. The van der Waals surface area contributed by atoms with E-state index in [1.807, 2.05) is 41.1 Å². The summed E-state index contributed by atoms with van der Waals surface area (Å²) in [4.78, 5) is 12.5. The Morgan fingerprint density at radius 2 is 1.89 bits per heavy atom. The molecule has 0 unspecified atom stereocenters. The maximum atomic E-state index is 12.7. The fourth-order valence-corrected chi connectivity index (χ4v) is 3.00. The van der Waals surface area contributed by atoms with Crippen LogP contribution in [0.3, 0.4) is 0 Å². The van der Waals surface area contributed by atoms with Crippen molar-refractivity contribution in [2.45, 2.75) is 20.1 Å². The third kappa shape index (κ3) is 3.31. The lowest BCUT2D eigenvalue weighted by molar-refractivity contribution is 0.102. The molecule has 27 heavy (non-hydrogen) atoms. The molecular weight excluding hydrogens is 345 g/mol. The molecule has 0 fully saturated rings. The first-order valence-corrected chi connectivity index (χ1v) is 8.56. The summed E-state index contributed by atoms with van der Waals surface area (Å²) in [6, 6.07) is 15.0. The van der Waals surface area contributed by atoms with Crippen molar-refractivity contribution in [3.8, 4) is 0 Å². The maximum absolute atomic E-state index is 12.7. The number of hydrogen-bond acceptors (Lipinski definition) is 3. The third-order valence-corrected chi connectivity index (χ3v) is 4.47. The van der Waals surface area contributed by atoms with Crippen molar-refractivity contribution in [3.63, 3.8) is 0 Å². The van der Waals surface area contributed by atoms with Gasteiger partial charge in [0.1, 0.15) is 6.67 Å². The number of nitrogens with one attached hydrogen (secondary N) is 2. The second kappa shape index (κ2) is 7.03. The number of alkyl halides is 1. The van der Waals surface area contributed by atoms with Crippen LogP contribution in [0, 0.1) is 6.92 Å². The third-order valence-electron chi connectivity index (χ3n) is 4.47. The van der Waals surface area contributed by atoms with Gasteiger partial charge in [-0.3, -0.25) is 14.6 Å². The summed E-state index contributed by atoms with van der Waals surface area (Å²) in [5.41, 5.74) is 3.74. The van der Waals surface area contributed by atoms with Crippen LogP contribution in [-0.4, -0.2) is 25.9 Å². The quantitative estimate of drug-likeness (QED) is 0.566. The van der Waals surface area contributed by atoms with E-state index in [4.69, 9.17) is 0 Å². The van der Waals surface area contributed by atoms with Crippen LogP contribution in [0.4, 0.5) is 10.2 Å². The van der Waals surface area contributed by atoms with Crippen molar-refractivity contribution in [2.24, 2.45) is 0 Å². The molecule has 0 spiro atoms. The van der Waals surface area contributed by atoms with Crippen LogP contribution >= 0.6 is 0 Å². The van der Waals surface area contributed by atoms with E-state index >= 15 is 0 Å². The van der Waals surface area contributed by atoms with E-state index in [1.54, 1.807) is 19.1 Å². The monoisotopic (exact) mass is 363 g/mol. The fraction of sp³-hybridized carbons (Fsp3) is 0.150. The van der Waals surface area contributed by atoms with Gasteiger partial charge in [-0.05, 0) is 30.2 Å². The number of anilines is 1. The molecule has 2 N–H and O–H groups in total. The minimum atomic E-state index is -0.478. The Hall–Kier alpha value is -3.48. The molecule has 0 saturated heterocycles. The average Bonchev–Trinajstić information content (AvgIpc) is 3.27. The summed E-state index contributed by atoms with van der Waals surface area (Å²) in [6.07, 6.45) is 1.50. The molecule has 0 radical (unpaired) electrons. The van der Waals surface area contributed by atoms with E-state index in [2.05, 4.69) is 20.6 Å². The summed E-state index contributed by atoms with van der Waals surface area (Å²) in [6.45, 7) is 1.84. The molecular formula is C20H18FN5O. The summed E-state index contributed by atoms with van der Waals surface area (Å²) in [7, 11) is 0. The van der Waals surface area contributed by atoms with E-state index in [1.165, 1.54) is 6.20 Å². The Morgan fingerprint density at radius 1 is 1.15 bits per heavy atom. The number of carbonyl (C=O) groups excluding carboxylic acids is 1. The lowest BCUT2D eigenvalue weighted by Gasteiger charge is -2.04. The van der Waals surface area contributed by atoms with E-state index in [0.29, 0.717) is 29.2 Å². The first-order valence-electron chi connectivity index (χ1n) is 8.56. The topological polar surface area (TPSA) is 75.6 Å². The number of fused-ring (bicyclic) bond motifs is 1. The van der Waals surface area contributed by atoms with Gasteiger partial charge in [0.15, 0.2) is 5.82 Å². The second-order valence-electron chi connectivity index (χ2n) is 6.34. The molecule has 7 heteroatoms. The molecule has 0 bridgehead atoms. The number of aryl methyl sites for hydroxylation is 1. The van der Waals surface area contributed by atoms with Gasteiger partial charge in [0.25, 0.3) is 5.91 Å². The van der Waals surface area contributed by atoms with Gasteiger partial charge in [0, 0.05) is 11.1 Å². The maximum Gasteiger partial charge on any atom is 0.260 e. The first kappa shape index (κ1) is 17.0. The molecule has 0 atom stereocenters. The lowest BCUT2D eigenvalue weighted by Crippen LogP contribution is -2.13. The number of hydrogen-bond donors (Lipinski definition) is 2. The van der Waals surface area contributed by atoms with Gasteiger partial charge in [-0.15, -0.1) is 0 Å². The van der Waals surface area contributed by atoms with Gasteiger partial charge in [0.05, 0.1) is 23.8 Å². The molecule has 4 aromatic rings. The fourth-order valence-electron chi connectivity index (χ4n) is 3.00. The standard InChI is InChI=1S/C20H18FN5O/c1-13-17(11-22-24-13)20(27)23-19-16-4-2-3-5-18(16)26(25-19)12-15-8-6-14(10-21)7-9-15/h2-9,11H,10,12H2,1H3,(H,22,24)(H,23,25,27). The lowest BCUT2D eigenvalue weighted by atomic mass is 10.1. The molecule has 6 nitrogen and oxygen atoms in total. The summed E-state index contributed by atoms with van der Waals surface area (Å²) in [5.74, 6) is 0.237. The summed E-state index contributed by atoms with van der Waals surface area (Å²) < 4.78 is 14.5. The van der Waals surface area contributed by atoms with Crippen LogP contribution in [0.2, 0.25) is 0 Å². The smallest absolute Gasteiger partial charge is 0.260 e. The van der Waals surface area contributed by atoms with Gasteiger partial charge < -0.3 is 5.32 Å². The molecule has 2 heterocycles. The van der Waals surface area contributed by atoms with Crippen molar-refractivity contribution >= 4 is 22.6 Å². The van der Waals surface area contributed by atoms with Crippen LogP contribution in [-0.2, 0) is 13.2 Å². The van der Waals surface area contributed by atoms with Gasteiger partial charge in [-0.2, -0.15) is 10.2 Å². The zero-order valence-corrected chi connectivity index (χ0v) is 14.7. The number of rotatable bonds is 5. The Morgan fingerprint density at radius 3 is 2.59 bits per heavy atom. The summed E-state index contributed by atoms with van der Waals surface area (Å²) >= 11 is 0. The number of nitrogens with zero attached hydrogens (tertiary/aromatic N) is 3. The molecule has 0 saturated carbocycles. The molecule has 4 rings (SSSR count). The Kier molecular flexibility index (Phi) is 4.42. The van der Waals surface area contributed by atoms with Gasteiger partial charge in [0.2, 0.25) is 0 Å². The number of halogens is 1. The number of H-pyrrole nitrogens is 1. The Labute approximate surface area is 155 Å². The average molecular weight is 363 g/mol. The normalized spacial score (nSPS) is 11.0. The van der Waals surface area contributed by atoms with Crippen molar-refractivity contribution in [2.75, 3.05) is 5.32 Å². The minimum Gasteiger partial charge on any atom is -0.304 e. The van der Waals surface area contributed by atoms with Gasteiger partial charge in [-0.25, -0.2) is 4.39 Å². The van der Waals surface area contributed by atoms with Crippen molar-refractivity contribution in [1.29, 1.82) is 0 Å². The van der Waals surface area contributed by atoms with E-state index < -0.39 is 6.67 Å². The number of carbonyl (C=O) groups is 1. The number of aromatic amines is 1. The first-order chi connectivity index (χ1) is 13.2. The molecule has 136 valence electrons. The van der Waals surface area contributed by atoms with Crippen LogP contribution in [0.25, 0.3) is 10.9 Å². The molecule has 1 amide bonds. The predicted molar refractivity (Wildman–Crippen MR) is 101 cm³/mol.